The molecule has 0 aliphatic heterocycles. The van der Waals surface area contributed by atoms with Crippen LogP contribution in [0.4, 0.5) is 0 Å². The van der Waals surface area contributed by atoms with Crippen molar-refractivity contribution >= 4 is 43.8 Å². The lowest BCUT2D eigenvalue weighted by molar-refractivity contribution is 0.181. The van der Waals surface area contributed by atoms with Crippen molar-refractivity contribution in [1.82, 2.24) is 0 Å². The standard InChI is InChI=1S/C7H12I2O2/c8-7(10)5-3-1-2-4-6(5)9-11/h5-7,10H,1-4H2/t5?,6?,7-/m0/s1. The van der Waals surface area contributed by atoms with Gasteiger partial charge in [-0.15, -0.1) is 0 Å². The van der Waals surface area contributed by atoms with Crippen molar-refractivity contribution in [2.45, 2.75) is 33.7 Å². The fourth-order valence-corrected chi connectivity index (χ4v) is 5.01. The molecule has 0 heterocycles. The molecule has 0 bridgehead atoms. The third kappa shape index (κ3) is 2.87. The van der Waals surface area contributed by atoms with Gasteiger partial charge in [0.2, 0.25) is 0 Å². The maximum absolute atomic E-state index is 10.8. The topological polar surface area (TPSA) is 37.3 Å². The molecular formula is C7H12I2O2. The van der Waals surface area contributed by atoms with Crippen molar-refractivity contribution in [2.24, 2.45) is 5.92 Å². The Balaban J connectivity index is 2.51. The summed E-state index contributed by atoms with van der Waals surface area (Å²) in [5, 5.41) is 9.34. The van der Waals surface area contributed by atoms with Gasteiger partial charge in [-0.05, 0) is 12.8 Å². The van der Waals surface area contributed by atoms with Crippen LogP contribution >= 0.6 is 43.8 Å². The maximum atomic E-state index is 10.8. The second-order valence-corrected chi connectivity index (χ2v) is 6.31. The highest BCUT2D eigenvalue weighted by Crippen LogP contribution is 2.36. The Morgan fingerprint density at radius 1 is 1.45 bits per heavy atom. The monoisotopic (exact) mass is 382 g/mol. The van der Waals surface area contributed by atoms with Crippen LogP contribution in [0.5, 0.6) is 0 Å². The second-order valence-electron chi connectivity index (χ2n) is 2.93. The lowest BCUT2D eigenvalue weighted by Gasteiger charge is -2.27. The molecule has 0 radical (unpaired) electrons. The van der Waals surface area contributed by atoms with Crippen LogP contribution in [0.15, 0.2) is 0 Å². The van der Waals surface area contributed by atoms with Crippen LogP contribution < -0.4 is 0 Å². The fourth-order valence-electron chi connectivity index (χ4n) is 1.53. The molecule has 11 heavy (non-hydrogen) atoms. The van der Waals surface area contributed by atoms with Gasteiger partial charge in [0.15, 0.2) is 0 Å². The number of aliphatic hydroxyl groups is 1. The van der Waals surface area contributed by atoms with Crippen molar-refractivity contribution < 1.29 is 8.18 Å². The predicted molar refractivity (Wildman–Crippen MR) is 60.5 cm³/mol. The Labute approximate surface area is 90.9 Å². The highest BCUT2D eigenvalue weighted by atomic mass is 127. The van der Waals surface area contributed by atoms with Gasteiger partial charge in [0.05, 0.1) is 0 Å². The number of halogens is 2. The van der Waals surface area contributed by atoms with E-state index in [2.05, 4.69) is 0 Å². The molecule has 0 aromatic heterocycles. The maximum Gasteiger partial charge on any atom is 0.148 e. The number of hydrogen-bond acceptors (Lipinski definition) is 2. The molecule has 1 saturated carbocycles. The van der Waals surface area contributed by atoms with E-state index in [1.807, 2.05) is 22.6 Å². The van der Waals surface area contributed by atoms with Crippen LogP contribution in [-0.2, 0) is 3.07 Å². The van der Waals surface area contributed by atoms with Crippen LogP contribution in [0, 0.1) is 5.92 Å². The van der Waals surface area contributed by atoms with E-state index in [1.165, 1.54) is 12.8 Å². The molecular weight excluding hydrogens is 370 g/mol. The molecule has 0 amide bonds. The first-order valence-electron chi connectivity index (χ1n) is 3.83. The second kappa shape index (κ2) is 5.06. The van der Waals surface area contributed by atoms with Crippen molar-refractivity contribution in [3.05, 3.63) is 0 Å². The summed E-state index contributed by atoms with van der Waals surface area (Å²) in [5.74, 6) is 0.314. The molecule has 1 aliphatic rings. The van der Waals surface area contributed by atoms with E-state index in [1.54, 1.807) is 0 Å². The molecule has 0 aromatic carbocycles. The third-order valence-corrected chi connectivity index (χ3v) is 5.32. The first-order chi connectivity index (χ1) is 5.25. The summed E-state index contributed by atoms with van der Waals surface area (Å²) in [5.41, 5.74) is 0. The molecule has 1 rings (SSSR count). The average Bonchev–Trinajstić information content (AvgIpc) is 2.04. The van der Waals surface area contributed by atoms with Crippen molar-refractivity contribution in [1.29, 1.82) is 0 Å². The van der Waals surface area contributed by atoms with E-state index >= 15 is 0 Å². The number of alkyl halides is 2. The molecule has 0 aromatic rings. The summed E-state index contributed by atoms with van der Waals surface area (Å²) in [6.45, 7) is 0. The van der Waals surface area contributed by atoms with Gasteiger partial charge in [0.25, 0.3) is 0 Å². The quantitative estimate of drug-likeness (QED) is 0.589. The van der Waals surface area contributed by atoms with Gasteiger partial charge < -0.3 is 5.11 Å². The van der Waals surface area contributed by atoms with Crippen LogP contribution in [-0.4, -0.2) is 13.1 Å². The van der Waals surface area contributed by atoms with Crippen molar-refractivity contribution in [3.8, 4) is 0 Å². The SMILES string of the molecule is O=IC1CCCCC1[C@H](O)I. The number of aliphatic hydroxyl groups excluding tert-OH is 1. The summed E-state index contributed by atoms with van der Waals surface area (Å²) in [4.78, 5) is 0. The van der Waals surface area contributed by atoms with Gasteiger partial charge in [-0.25, -0.2) is 0 Å². The largest absolute Gasteiger partial charge is 0.382 e. The van der Waals surface area contributed by atoms with Crippen molar-refractivity contribution in [3.63, 3.8) is 0 Å². The lowest BCUT2D eigenvalue weighted by atomic mass is 9.90. The molecule has 1 N–H and O–H groups in total. The average molecular weight is 382 g/mol. The van der Waals surface area contributed by atoms with Gasteiger partial charge >= 0.3 is 0 Å². The normalized spacial score (nSPS) is 35.1. The van der Waals surface area contributed by atoms with Crippen LogP contribution in [0.25, 0.3) is 0 Å². The molecule has 66 valence electrons. The lowest BCUT2D eigenvalue weighted by Crippen LogP contribution is -2.27. The van der Waals surface area contributed by atoms with E-state index in [-0.39, 0.29) is 4.11 Å². The fraction of sp³-hybridized carbons (Fsp3) is 1.00. The van der Waals surface area contributed by atoms with Crippen LogP contribution in [0.1, 0.15) is 25.7 Å². The molecule has 1 fully saturated rings. The summed E-state index contributed by atoms with van der Waals surface area (Å²) in [6.07, 6.45) is 4.54. The van der Waals surface area contributed by atoms with Gasteiger partial charge in [-0.1, -0.05) is 35.4 Å². The first kappa shape index (κ1) is 10.3. The zero-order chi connectivity index (χ0) is 8.27. The van der Waals surface area contributed by atoms with E-state index < -0.39 is 21.2 Å². The number of rotatable bonds is 2. The minimum Gasteiger partial charge on any atom is -0.382 e. The molecule has 2 unspecified atom stereocenters. The predicted octanol–water partition coefficient (Wildman–Crippen LogP) is 2.61. The van der Waals surface area contributed by atoms with E-state index in [9.17, 15) is 8.18 Å². The smallest absolute Gasteiger partial charge is 0.148 e. The minimum absolute atomic E-state index is 0.286. The van der Waals surface area contributed by atoms with E-state index in [4.69, 9.17) is 0 Å². The Kier molecular flexibility index (Phi) is 4.74. The Morgan fingerprint density at radius 2 is 2.09 bits per heavy atom. The van der Waals surface area contributed by atoms with Gasteiger partial charge in [0, 0.05) is 9.84 Å². The van der Waals surface area contributed by atoms with Crippen LogP contribution in [0.3, 0.4) is 0 Å². The van der Waals surface area contributed by atoms with Crippen molar-refractivity contribution in [2.75, 3.05) is 0 Å². The minimum atomic E-state index is -0.902. The van der Waals surface area contributed by atoms with E-state index in [0.29, 0.717) is 9.84 Å². The third-order valence-electron chi connectivity index (χ3n) is 2.20. The Hall–Kier alpha value is 1.22. The zero-order valence-electron chi connectivity index (χ0n) is 6.17. The van der Waals surface area contributed by atoms with Gasteiger partial charge in [0.1, 0.15) is 25.3 Å². The Morgan fingerprint density at radius 3 is 2.55 bits per heavy atom. The van der Waals surface area contributed by atoms with E-state index in [0.717, 1.165) is 12.8 Å². The van der Waals surface area contributed by atoms with Gasteiger partial charge in [-0.3, -0.25) is 3.07 Å². The Bertz CT molecular complexity index is 138. The molecule has 1 aliphatic carbocycles. The molecule has 2 nitrogen and oxygen atoms in total. The van der Waals surface area contributed by atoms with Gasteiger partial charge in [-0.2, -0.15) is 0 Å². The molecule has 0 saturated heterocycles. The summed E-state index contributed by atoms with van der Waals surface area (Å²) in [7, 11) is 0. The summed E-state index contributed by atoms with van der Waals surface area (Å²) >= 11 is 1.13. The highest BCUT2D eigenvalue weighted by Gasteiger charge is 2.29. The number of hydrogen-bond donors (Lipinski definition) is 1. The first-order valence-corrected chi connectivity index (χ1v) is 7.20. The van der Waals surface area contributed by atoms with Crippen LogP contribution in [0.2, 0.25) is 0 Å². The zero-order valence-corrected chi connectivity index (χ0v) is 10.5. The summed E-state index contributed by atoms with van der Waals surface area (Å²) < 4.78 is 10.9. The molecule has 3 atom stereocenters. The molecule has 0 spiro atoms. The summed E-state index contributed by atoms with van der Waals surface area (Å²) in [6, 6.07) is 0. The molecule has 4 heteroatoms. The highest BCUT2D eigenvalue weighted by molar-refractivity contribution is 14.1.